The first-order chi connectivity index (χ1) is 12.1. The number of rotatable bonds is 8. The van der Waals surface area contributed by atoms with Gasteiger partial charge in [0.05, 0.1) is 13.2 Å². The molecule has 0 saturated heterocycles. The van der Waals surface area contributed by atoms with Gasteiger partial charge in [-0.25, -0.2) is 0 Å². The first kappa shape index (κ1) is 23.2. The number of nitrogens with zero attached hydrogens (tertiary/aromatic N) is 2. The van der Waals surface area contributed by atoms with Crippen molar-refractivity contribution in [3.63, 3.8) is 0 Å². The summed E-state index contributed by atoms with van der Waals surface area (Å²) in [5.74, 6) is 0.868. The first-order valence-electron chi connectivity index (χ1n) is 9.48. The molecule has 0 spiro atoms. The molecule has 1 aliphatic rings. The molecule has 1 heterocycles. The minimum absolute atomic E-state index is 0. The van der Waals surface area contributed by atoms with Gasteiger partial charge in [-0.05, 0) is 45.2 Å². The van der Waals surface area contributed by atoms with Crippen molar-refractivity contribution in [3.05, 3.63) is 35.4 Å². The molecule has 0 aliphatic carbocycles. The van der Waals surface area contributed by atoms with Crippen LogP contribution in [-0.4, -0.2) is 55.8 Å². The lowest BCUT2D eigenvalue weighted by atomic mass is 9.94. The smallest absolute Gasteiger partial charge is 0.191 e. The summed E-state index contributed by atoms with van der Waals surface area (Å²) < 4.78 is 5.38. The molecule has 0 amide bonds. The molecular weight excluding hydrogens is 439 g/mol. The van der Waals surface area contributed by atoms with Crippen molar-refractivity contribution in [1.29, 1.82) is 0 Å². The van der Waals surface area contributed by atoms with Gasteiger partial charge in [-0.2, -0.15) is 0 Å². The number of hydrogen-bond acceptors (Lipinski definition) is 3. The van der Waals surface area contributed by atoms with E-state index in [2.05, 4.69) is 60.6 Å². The fraction of sp³-hybridized carbons (Fsp3) is 0.650. The van der Waals surface area contributed by atoms with Crippen molar-refractivity contribution in [1.82, 2.24) is 15.5 Å². The predicted molar refractivity (Wildman–Crippen MR) is 121 cm³/mol. The summed E-state index contributed by atoms with van der Waals surface area (Å²) in [5.41, 5.74) is 2.96. The van der Waals surface area contributed by atoms with Crippen LogP contribution in [0.1, 0.15) is 38.8 Å². The summed E-state index contributed by atoms with van der Waals surface area (Å²) >= 11 is 0. The maximum Gasteiger partial charge on any atom is 0.191 e. The van der Waals surface area contributed by atoms with Crippen molar-refractivity contribution >= 4 is 29.9 Å². The molecule has 2 N–H and O–H groups in total. The Morgan fingerprint density at radius 2 is 1.92 bits per heavy atom. The van der Waals surface area contributed by atoms with Crippen LogP contribution in [0.25, 0.3) is 0 Å². The van der Waals surface area contributed by atoms with E-state index in [1.165, 1.54) is 11.1 Å². The highest BCUT2D eigenvalue weighted by molar-refractivity contribution is 14.0. The third-order valence-corrected chi connectivity index (χ3v) is 4.70. The van der Waals surface area contributed by atoms with Crippen molar-refractivity contribution in [2.24, 2.45) is 4.99 Å². The minimum atomic E-state index is 0. The second-order valence-corrected chi connectivity index (χ2v) is 7.07. The molecular formula is C20H35IN4O. The van der Waals surface area contributed by atoms with Crippen molar-refractivity contribution in [2.45, 2.75) is 46.2 Å². The van der Waals surface area contributed by atoms with Gasteiger partial charge in [0.1, 0.15) is 0 Å². The number of benzene rings is 1. The average Bonchev–Trinajstić information content (AvgIpc) is 2.62. The summed E-state index contributed by atoms with van der Waals surface area (Å²) in [5, 5.41) is 6.66. The molecule has 0 saturated carbocycles. The zero-order valence-corrected chi connectivity index (χ0v) is 19.0. The normalized spacial score (nSPS) is 15.2. The van der Waals surface area contributed by atoms with Gasteiger partial charge in [0, 0.05) is 38.3 Å². The third-order valence-electron chi connectivity index (χ3n) is 4.70. The molecule has 1 aromatic rings. The highest BCUT2D eigenvalue weighted by Crippen LogP contribution is 2.25. The molecule has 2 rings (SSSR count). The molecule has 26 heavy (non-hydrogen) atoms. The van der Waals surface area contributed by atoms with Gasteiger partial charge in [0.15, 0.2) is 5.96 Å². The van der Waals surface area contributed by atoms with E-state index in [0.29, 0.717) is 6.61 Å². The van der Waals surface area contributed by atoms with Gasteiger partial charge in [-0.1, -0.05) is 24.3 Å². The van der Waals surface area contributed by atoms with Gasteiger partial charge in [0.2, 0.25) is 0 Å². The molecule has 5 nitrogen and oxygen atoms in total. The van der Waals surface area contributed by atoms with Crippen molar-refractivity contribution in [3.8, 4) is 0 Å². The average molecular weight is 474 g/mol. The minimum Gasteiger partial charge on any atom is -0.380 e. The number of aliphatic imine (C=N–C) groups is 1. The molecule has 0 aromatic heterocycles. The van der Waals surface area contributed by atoms with Crippen LogP contribution in [-0.2, 0) is 17.7 Å². The number of ether oxygens (including phenoxy) is 1. The third kappa shape index (κ3) is 7.04. The van der Waals surface area contributed by atoms with E-state index in [0.717, 1.165) is 51.7 Å². The van der Waals surface area contributed by atoms with Crippen LogP contribution in [0.5, 0.6) is 0 Å². The molecule has 1 aromatic carbocycles. The zero-order chi connectivity index (χ0) is 18.1. The van der Waals surface area contributed by atoms with E-state index in [-0.39, 0.29) is 29.5 Å². The maximum atomic E-state index is 5.38. The van der Waals surface area contributed by atoms with E-state index >= 15 is 0 Å². The largest absolute Gasteiger partial charge is 0.380 e. The molecule has 0 unspecified atom stereocenters. The highest BCUT2D eigenvalue weighted by atomic mass is 127. The summed E-state index contributed by atoms with van der Waals surface area (Å²) in [6.45, 7) is 14.6. The highest BCUT2D eigenvalue weighted by Gasteiger charge is 2.29. The number of nitrogens with one attached hydrogen (secondary N) is 2. The molecule has 0 bridgehead atoms. The quantitative estimate of drug-likeness (QED) is 0.263. The van der Waals surface area contributed by atoms with Crippen LogP contribution in [0, 0.1) is 0 Å². The Morgan fingerprint density at radius 3 is 2.62 bits per heavy atom. The molecule has 148 valence electrons. The topological polar surface area (TPSA) is 48.9 Å². The Hall–Kier alpha value is -0.860. The molecule has 0 fully saturated rings. The van der Waals surface area contributed by atoms with Crippen molar-refractivity contribution < 1.29 is 4.74 Å². The Morgan fingerprint density at radius 1 is 1.19 bits per heavy atom. The van der Waals surface area contributed by atoms with Crippen LogP contribution in [0.4, 0.5) is 0 Å². The van der Waals surface area contributed by atoms with Gasteiger partial charge < -0.3 is 15.4 Å². The monoisotopic (exact) mass is 474 g/mol. The second kappa shape index (κ2) is 11.8. The summed E-state index contributed by atoms with van der Waals surface area (Å²) in [6, 6.07) is 8.78. The lowest BCUT2D eigenvalue weighted by Gasteiger charge is -2.40. The van der Waals surface area contributed by atoms with E-state index < -0.39 is 0 Å². The number of hydrogen-bond donors (Lipinski definition) is 2. The fourth-order valence-electron chi connectivity index (χ4n) is 3.11. The van der Waals surface area contributed by atoms with Crippen LogP contribution >= 0.6 is 24.0 Å². The second-order valence-electron chi connectivity index (χ2n) is 7.07. The Kier molecular flexibility index (Phi) is 10.5. The lowest BCUT2D eigenvalue weighted by Crippen LogP contribution is -2.49. The Balaban J connectivity index is 0.00000338. The number of halogens is 1. The molecule has 6 heteroatoms. The maximum absolute atomic E-state index is 5.38. The van der Waals surface area contributed by atoms with Crippen molar-refractivity contribution in [2.75, 3.05) is 39.4 Å². The predicted octanol–water partition coefficient (Wildman–Crippen LogP) is 3.03. The van der Waals surface area contributed by atoms with E-state index in [4.69, 9.17) is 9.73 Å². The molecule has 1 aliphatic heterocycles. The Labute approximate surface area is 176 Å². The summed E-state index contributed by atoms with van der Waals surface area (Å²) in [7, 11) is 0. The molecule has 0 radical (unpaired) electrons. The van der Waals surface area contributed by atoms with E-state index in [1.54, 1.807) is 0 Å². The van der Waals surface area contributed by atoms with Gasteiger partial charge in [-0.3, -0.25) is 9.89 Å². The van der Waals surface area contributed by atoms with Gasteiger partial charge >= 0.3 is 0 Å². The van der Waals surface area contributed by atoms with Crippen LogP contribution in [0.3, 0.4) is 0 Å². The lowest BCUT2D eigenvalue weighted by molar-refractivity contribution is 0.111. The molecule has 0 atom stereocenters. The Bertz CT molecular complexity index is 562. The van der Waals surface area contributed by atoms with E-state index in [1.807, 2.05) is 6.92 Å². The van der Waals surface area contributed by atoms with Crippen LogP contribution < -0.4 is 10.6 Å². The fourth-order valence-corrected chi connectivity index (χ4v) is 3.11. The SMILES string of the molecule is CCNC(=NCC(C)(C)N1CCc2ccccc2C1)NCCOCC.I. The van der Waals surface area contributed by atoms with E-state index in [9.17, 15) is 0 Å². The van der Waals surface area contributed by atoms with Gasteiger partial charge in [-0.15, -0.1) is 24.0 Å². The number of guanidine groups is 1. The standard InChI is InChI=1S/C20H34N4O.HI/c1-5-21-19(22-12-14-25-6-2)23-16-20(3,4)24-13-11-17-9-7-8-10-18(17)15-24;/h7-10H,5-6,11-16H2,1-4H3,(H2,21,22,23);1H. The first-order valence-corrected chi connectivity index (χ1v) is 9.48. The summed E-state index contributed by atoms with van der Waals surface area (Å²) in [6.07, 6.45) is 1.12. The number of fused-ring (bicyclic) bond motifs is 1. The zero-order valence-electron chi connectivity index (χ0n) is 16.7. The van der Waals surface area contributed by atoms with Crippen LogP contribution in [0.2, 0.25) is 0 Å². The summed E-state index contributed by atoms with van der Waals surface area (Å²) in [4.78, 5) is 7.36. The van der Waals surface area contributed by atoms with Gasteiger partial charge in [0.25, 0.3) is 0 Å². The van der Waals surface area contributed by atoms with Crippen LogP contribution in [0.15, 0.2) is 29.3 Å².